The number of benzene rings is 2. The van der Waals surface area contributed by atoms with Crippen molar-refractivity contribution >= 4 is 17.4 Å². The zero-order valence-corrected chi connectivity index (χ0v) is 18.0. The van der Waals surface area contributed by atoms with Gasteiger partial charge in [-0.25, -0.2) is 4.39 Å². The largest absolute Gasteiger partial charge is 0.493 e. The summed E-state index contributed by atoms with van der Waals surface area (Å²) in [6, 6.07) is 13.0. The fraction of sp³-hybridized carbons (Fsp3) is 0.250. The van der Waals surface area contributed by atoms with Gasteiger partial charge in [0, 0.05) is 41.7 Å². The average molecular weight is 424 g/mol. The second-order valence-electron chi connectivity index (χ2n) is 7.11. The summed E-state index contributed by atoms with van der Waals surface area (Å²) in [6.45, 7) is 3.71. The zero-order valence-electron chi connectivity index (χ0n) is 18.0. The first-order valence-corrected chi connectivity index (χ1v) is 9.83. The maximum absolute atomic E-state index is 13.3. The van der Waals surface area contributed by atoms with Gasteiger partial charge in [-0.1, -0.05) is 0 Å². The van der Waals surface area contributed by atoms with Crippen molar-refractivity contribution in [2.45, 2.75) is 26.8 Å². The number of aromatic nitrogens is 1. The van der Waals surface area contributed by atoms with E-state index in [0.29, 0.717) is 29.3 Å². The Balaban J connectivity index is 1.80. The third kappa shape index (κ3) is 4.94. The number of hydrogen-bond donors (Lipinski definition) is 1. The van der Waals surface area contributed by atoms with Crippen LogP contribution in [0.2, 0.25) is 0 Å². The molecular weight excluding hydrogens is 399 g/mol. The first-order chi connectivity index (χ1) is 14.8. The molecule has 0 fully saturated rings. The lowest BCUT2D eigenvalue weighted by atomic mass is 10.1. The normalized spacial score (nSPS) is 10.6. The predicted molar refractivity (Wildman–Crippen MR) is 117 cm³/mol. The molecule has 0 bridgehead atoms. The molecule has 1 amide bonds. The van der Waals surface area contributed by atoms with Crippen LogP contribution in [0.3, 0.4) is 0 Å². The highest BCUT2D eigenvalue weighted by molar-refractivity contribution is 5.97. The molecule has 0 aliphatic heterocycles. The summed E-state index contributed by atoms with van der Waals surface area (Å²) in [7, 11) is 3.07. The number of ketones is 1. The number of rotatable bonds is 8. The number of ether oxygens (including phenoxy) is 2. The average Bonchev–Trinajstić information content (AvgIpc) is 3.09. The number of carbonyl (C=O) groups is 2. The molecule has 0 aliphatic carbocycles. The summed E-state index contributed by atoms with van der Waals surface area (Å²) >= 11 is 0. The number of halogens is 1. The Morgan fingerprint density at radius 2 is 1.68 bits per heavy atom. The van der Waals surface area contributed by atoms with E-state index >= 15 is 0 Å². The zero-order chi connectivity index (χ0) is 22.5. The van der Waals surface area contributed by atoms with Gasteiger partial charge in [0.15, 0.2) is 17.3 Å². The van der Waals surface area contributed by atoms with Crippen LogP contribution in [0.5, 0.6) is 11.5 Å². The Bertz CT molecular complexity index is 1100. The lowest BCUT2D eigenvalue weighted by Crippen LogP contribution is -2.15. The van der Waals surface area contributed by atoms with Gasteiger partial charge in [-0.15, -0.1) is 0 Å². The van der Waals surface area contributed by atoms with E-state index in [4.69, 9.17) is 9.47 Å². The fourth-order valence-electron chi connectivity index (χ4n) is 3.50. The standard InChI is InChI=1S/C24H25FN2O4/c1-15-20(16(2)28)14-21(17-5-7-18(25)8-6-17)27(15)12-11-24(29)26-19-9-10-22(30-3)23(13-19)31-4/h5-10,13-14H,11-12H2,1-4H3,(H,26,29). The summed E-state index contributed by atoms with van der Waals surface area (Å²) in [6.07, 6.45) is 0.190. The number of Topliss-reactive ketones (excluding diaryl/α,β-unsaturated/α-hetero) is 1. The van der Waals surface area contributed by atoms with E-state index in [1.165, 1.54) is 26.2 Å². The van der Waals surface area contributed by atoms with E-state index in [1.54, 1.807) is 43.5 Å². The molecule has 31 heavy (non-hydrogen) atoms. The maximum atomic E-state index is 13.3. The van der Waals surface area contributed by atoms with Crippen LogP contribution in [0.15, 0.2) is 48.5 Å². The molecule has 6 nitrogen and oxygen atoms in total. The Hall–Kier alpha value is -3.61. The third-order valence-electron chi connectivity index (χ3n) is 5.12. The smallest absolute Gasteiger partial charge is 0.226 e. The number of carbonyl (C=O) groups excluding carboxylic acids is 2. The second-order valence-corrected chi connectivity index (χ2v) is 7.11. The summed E-state index contributed by atoms with van der Waals surface area (Å²) in [5.74, 6) is 0.513. The van der Waals surface area contributed by atoms with Crippen molar-refractivity contribution in [1.82, 2.24) is 4.57 Å². The SMILES string of the molecule is COc1ccc(NC(=O)CCn2c(-c3ccc(F)cc3)cc(C(C)=O)c2C)cc1OC. The summed E-state index contributed by atoms with van der Waals surface area (Å²) in [4.78, 5) is 24.6. The van der Waals surface area contributed by atoms with Gasteiger partial charge in [-0.05, 0) is 61.9 Å². The number of anilines is 1. The quantitative estimate of drug-likeness (QED) is 0.525. The first-order valence-electron chi connectivity index (χ1n) is 9.83. The number of hydrogen-bond acceptors (Lipinski definition) is 4. The van der Waals surface area contributed by atoms with Crippen molar-refractivity contribution < 1.29 is 23.5 Å². The van der Waals surface area contributed by atoms with Gasteiger partial charge in [-0.2, -0.15) is 0 Å². The predicted octanol–water partition coefficient (Wildman–Crippen LogP) is 4.85. The van der Waals surface area contributed by atoms with E-state index < -0.39 is 0 Å². The Morgan fingerprint density at radius 3 is 2.29 bits per heavy atom. The fourth-order valence-corrected chi connectivity index (χ4v) is 3.50. The molecule has 0 spiro atoms. The van der Waals surface area contributed by atoms with Crippen molar-refractivity contribution in [3.8, 4) is 22.8 Å². The molecule has 0 saturated heterocycles. The Morgan fingerprint density at radius 1 is 1.00 bits per heavy atom. The van der Waals surface area contributed by atoms with Crippen LogP contribution < -0.4 is 14.8 Å². The van der Waals surface area contributed by atoms with Gasteiger partial charge in [0.2, 0.25) is 5.91 Å². The molecule has 0 aliphatic rings. The third-order valence-corrected chi connectivity index (χ3v) is 5.12. The molecule has 2 aromatic carbocycles. The minimum absolute atomic E-state index is 0.0607. The van der Waals surface area contributed by atoms with E-state index in [0.717, 1.165) is 17.0 Å². The molecule has 0 unspecified atom stereocenters. The molecule has 1 heterocycles. The molecule has 0 atom stereocenters. The molecule has 3 aromatic rings. The van der Waals surface area contributed by atoms with Crippen LogP contribution in [-0.2, 0) is 11.3 Å². The Kier molecular flexibility index (Phi) is 6.74. The molecule has 7 heteroatoms. The van der Waals surface area contributed by atoms with Gasteiger partial charge < -0.3 is 19.4 Å². The van der Waals surface area contributed by atoms with Gasteiger partial charge in [0.1, 0.15) is 5.82 Å². The van der Waals surface area contributed by atoms with Crippen molar-refractivity contribution in [3.05, 3.63) is 65.6 Å². The molecule has 3 rings (SSSR count). The summed E-state index contributed by atoms with van der Waals surface area (Å²) in [5, 5.41) is 2.85. The van der Waals surface area contributed by atoms with Gasteiger partial charge in [0.25, 0.3) is 0 Å². The number of nitrogens with one attached hydrogen (secondary N) is 1. The topological polar surface area (TPSA) is 69.6 Å². The van der Waals surface area contributed by atoms with Crippen molar-refractivity contribution in [2.75, 3.05) is 19.5 Å². The summed E-state index contributed by atoms with van der Waals surface area (Å²) < 4.78 is 25.7. The molecule has 0 saturated carbocycles. The van der Waals surface area contributed by atoms with Crippen LogP contribution in [0, 0.1) is 12.7 Å². The molecule has 1 N–H and O–H groups in total. The number of nitrogens with zero attached hydrogens (tertiary/aromatic N) is 1. The van der Waals surface area contributed by atoms with Gasteiger partial charge >= 0.3 is 0 Å². The highest BCUT2D eigenvalue weighted by atomic mass is 19.1. The van der Waals surface area contributed by atoms with Crippen LogP contribution in [0.1, 0.15) is 29.4 Å². The minimum atomic E-state index is -0.334. The van der Waals surface area contributed by atoms with Crippen LogP contribution >= 0.6 is 0 Å². The van der Waals surface area contributed by atoms with Crippen molar-refractivity contribution in [1.29, 1.82) is 0 Å². The van der Waals surface area contributed by atoms with Crippen LogP contribution in [-0.4, -0.2) is 30.5 Å². The second kappa shape index (κ2) is 9.47. The lowest BCUT2D eigenvalue weighted by Gasteiger charge is -2.13. The Labute approximate surface area is 180 Å². The van der Waals surface area contributed by atoms with E-state index in [2.05, 4.69) is 5.32 Å². The molecule has 0 radical (unpaired) electrons. The first kappa shape index (κ1) is 22.1. The van der Waals surface area contributed by atoms with Gasteiger partial charge in [0.05, 0.1) is 14.2 Å². The monoisotopic (exact) mass is 424 g/mol. The summed E-state index contributed by atoms with van der Waals surface area (Å²) in [5.41, 5.74) is 3.49. The van der Waals surface area contributed by atoms with E-state index in [-0.39, 0.29) is 23.9 Å². The van der Waals surface area contributed by atoms with Gasteiger partial charge in [-0.3, -0.25) is 9.59 Å². The van der Waals surface area contributed by atoms with E-state index in [9.17, 15) is 14.0 Å². The van der Waals surface area contributed by atoms with E-state index in [1.807, 2.05) is 11.5 Å². The highest BCUT2D eigenvalue weighted by Crippen LogP contribution is 2.30. The van der Waals surface area contributed by atoms with Crippen LogP contribution in [0.25, 0.3) is 11.3 Å². The number of methoxy groups -OCH3 is 2. The minimum Gasteiger partial charge on any atom is -0.493 e. The molecule has 1 aromatic heterocycles. The molecule has 162 valence electrons. The molecular formula is C24H25FN2O4. The maximum Gasteiger partial charge on any atom is 0.226 e. The highest BCUT2D eigenvalue weighted by Gasteiger charge is 2.17. The number of amides is 1. The van der Waals surface area contributed by atoms with Crippen LogP contribution in [0.4, 0.5) is 10.1 Å². The lowest BCUT2D eigenvalue weighted by molar-refractivity contribution is -0.116. The van der Waals surface area contributed by atoms with Crippen molar-refractivity contribution in [3.63, 3.8) is 0 Å². The van der Waals surface area contributed by atoms with Crippen molar-refractivity contribution in [2.24, 2.45) is 0 Å².